The lowest BCUT2D eigenvalue weighted by Crippen LogP contribution is -2.40. The number of piperidine rings is 1. The number of hydrogen-bond donors (Lipinski definition) is 1. The smallest absolute Gasteiger partial charge is 0.00385 e. The first-order chi connectivity index (χ1) is 5.74. The maximum absolute atomic E-state index is 3.26. The van der Waals surface area contributed by atoms with Crippen molar-refractivity contribution in [2.45, 2.75) is 32.7 Å². The molecule has 0 unspecified atom stereocenters. The van der Waals surface area contributed by atoms with E-state index >= 15 is 0 Å². The highest BCUT2D eigenvalue weighted by atomic mass is 15.1. The molecule has 1 N–H and O–H groups in total. The van der Waals surface area contributed by atoms with Crippen LogP contribution in [0.25, 0.3) is 0 Å². The molecule has 0 aromatic heterocycles. The molecule has 0 aliphatic carbocycles. The zero-order valence-corrected chi connectivity index (χ0v) is 8.64. The standard InChI is InChI=1S/C10H22N2/c1-9(2)12-6-4-10(5-7-12)8-11-3/h9-11H,4-8H2,1-3H3. The summed E-state index contributed by atoms with van der Waals surface area (Å²) >= 11 is 0. The van der Waals surface area contributed by atoms with Crippen molar-refractivity contribution in [2.75, 3.05) is 26.7 Å². The van der Waals surface area contributed by atoms with Crippen molar-refractivity contribution >= 4 is 0 Å². The molecule has 2 nitrogen and oxygen atoms in total. The van der Waals surface area contributed by atoms with E-state index in [1.165, 1.54) is 32.5 Å². The first-order valence-corrected chi connectivity index (χ1v) is 5.12. The second-order valence-corrected chi connectivity index (χ2v) is 4.13. The van der Waals surface area contributed by atoms with Gasteiger partial charge in [0.25, 0.3) is 0 Å². The van der Waals surface area contributed by atoms with Gasteiger partial charge in [-0.1, -0.05) is 0 Å². The van der Waals surface area contributed by atoms with E-state index in [0.717, 1.165) is 12.0 Å². The fraction of sp³-hybridized carbons (Fsp3) is 1.00. The summed E-state index contributed by atoms with van der Waals surface area (Å²) < 4.78 is 0. The van der Waals surface area contributed by atoms with Crippen LogP contribution in [-0.2, 0) is 0 Å². The number of nitrogens with one attached hydrogen (secondary N) is 1. The highest BCUT2D eigenvalue weighted by molar-refractivity contribution is 4.75. The molecule has 72 valence electrons. The number of hydrogen-bond acceptors (Lipinski definition) is 2. The van der Waals surface area contributed by atoms with Crippen molar-refractivity contribution in [3.05, 3.63) is 0 Å². The molecule has 1 saturated heterocycles. The van der Waals surface area contributed by atoms with Crippen LogP contribution in [-0.4, -0.2) is 37.6 Å². The summed E-state index contributed by atoms with van der Waals surface area (Å²) in [4.78, 5) is 2.58. The van der Waals surface area contributed by atoms with E-state index in [1.807, 2.05) is 0 Å². The highest BCUT2D eigenvalue weighted by Crippen LogP contribution is 2.17. The monoisotopic (exact) mass is 170 g/mol. The Balaban J connectivity index is 2.20. The van der Waals surface area contributed by atoms with Gasteiger partial charge in [-0.15, -0.1) is 0 Å². The van der Waals surface area contributed by atoms with Crippen molar-refractivity contribution in [1.82, 2.24) is 10.2 Å². The molecule has 0 saturated carbocycles. The fourth-order valence-electron chi connectivity index (χ4n) is 1.96. The van der Waals surface area contributed by atoms with Gasteiger partial charge in [0.2, 0.25) is 0 Å². The Hall–Kier alpha value is -0.0800. The summed E-state index contributed by atoms with van der Waals surface area (Å²) in [7, 11) is 2.05. The van der Waals surface area contributed by atoms with Gasteiger partial charge in [-0.25, -0.2) is 0 Å². The number of nitrogens with zero attached hydrogens (tertiary/aromatic N) is 1. The first kappa shape index (κ1) is 10.0. The summed E-state index contributed by atoms with van der Waals surface area (Å²) in [5, 5.41) is 3.26. The fourth-order valence-corrected chi connectivity index (χ4v) is 1.96. The molecule has 1 aliphatic heterocycles. The second-order valence-electron chi connectivity index (χ2n) is 4.13. The summed E-state index contributed by atoms with van der Waals surface area (Å²) in [6.07, 6.45) is 2.75. The maximum atomic E-state index is 3.26. The Labute approximate surface area is 76.3 Å². The molecular formula is C10H22N2. The van der Waals surface area contributed by atoms with Gasteiger partial charge in [0, 0.05) is 6.04 Å². The third-order valence-electron chi connectivity index (χ3n) is 2.87. The molecule has 0 radical (unpaired) electrons. The summed E-state index contributed by atoms with van der Waals surface area (Å²) in [5.74, 6) is 0.921. The van der Waals surface area contributed by atoms with Gasteiger partial charge >= 0.3 is 0 Å². The minimum atomic E-state index is 0.737. The quantitative estimate of drug-likeness (QED) is 0.687. The Kier molecular flexibility index (Phi) is 4.02. The molecule has 0 aromatic carbocycles. The largest absolute Gasteiger partial charge is 0.319 e. The van der Waals surface area contributed by atoms with Gasteiger partial charge in [0.1, 0.15) is 0 Å². The Morgan fingerprint density at radius 1 is 1.33 bits per heavy atom. The molecule has 0 spiro atoms. The van der Waals surface area contributed by atoms with Crippen LogP contribution in [0, 0.1) is 5.92 Å². The molecule has 1 aliphatic rings. The number of rotatable bonds is 3. The van der Waals surface area contributed by atoms with Crippen LogP contribution >= 0.6 is 0 Å². The Bertz CT molecular complexity index is 115. The molecule has 0 amide bonds. The van der Waals surface area contributed by atoms with Crippen LogP contribution in [0.1, 0.15) is 26.7 Å². The first-order valence-electron chi connectivity index (χ1n) is 5.12. The van der Waals surface area contributed by atoms with E-state index in [1.54, 1.807) is 0 Å². The van der Waals surface area contributed by atoms with E-state index in [9.17, 15) is 0 Å². The van der Waals surface area contributed by atoms with Gasteiger partial charge in [-0.05, 0) is 59.3 Å². The predicted molar refractivity (Wildman–Crippen MR) is 53.4 cm³/mol. The van der Waals surface area contributed by atoms with Crippen molar-refractivity contribution < 1.29 is 0 Å². The molecule has 1 fully saturated rings. The van der Waals surface area contributed by atoms with Crippen molar-refractivity contribution in [2.24, 2.45) is 5.92 Å². The lowest BCUT2D eigenvalue weighted by atomic mass is 9.96. The third-order valence-corrected chi connectivity index (χ3v) is 2.87. The molecule has 1 rings (SSSR count). The minimum Gasteiger partial charge on any atom is -0.319 e. The second kappa shape index (κ2) is 4.83. The van der Waals surface area contributed by atoms with Gasteiger partial charge < -0.3 is 10.2 Å². The summed E-state index contributed by atoms with van der Waals surface area (Å²) in [6.45, 7) is 8.37. The molecule has 12 heavy (non-hydrogen) atoms. The zero-order chi connectivity index (χ0) is 8.97. The third kappa shape index (κ3) is 2.76. The zero-order valence-electron chi connectivity index (χ0n) is 8.64. The molecule has 0 atom stereocenters. The molecule has 1 heterocycles. The lowest BCUT2D eigenvalue weighted by Gasteiger charge is -2.34. The summed E-state index contributed by atoms with van der Waals surface area (Å²) in [5.41, 5.74) is 0. The maximum Gasteiger partial charge on any atom is 0.00385 e. The van der Waals surface area contributed by atoms with Crippen molar-refractivity contribution in [3.8, 4) is 0 Å². The van der Waals surface area contributed by atoms with E-state index in [2.05, 4.69) is 31.1 Å². The average molecular weight is 170 g/mol. The minimum absolute atomic E-state index is 0.737. The van der Waals surface area contributed by atoms with Crippen LogP contribution in [0.2, 0.25) is 0 Å². The molecular weight excluding hydrogens is 148 g/mol. The molecule has 0 bridgehead atoms. The van der Waals surface area contributed by atoms with E-state index in [-0.39, 0.29) is 0 Å². The van der Waals surface area contributed by atoms with Crippen LogP contribution in [0.4, 0.5) is 0 Å². The van der Waals surface area contributed by atoms with Crippen LogP contribution in [0.15, 0.2) is 0 Å². The van der Waals surface area contributed by atoms with Gasteiger partial charge in [0.05, 0.1) is 0 Å². The SMILES string of the molecule is CNCC1CCN(C(C)C)CC1. The van der Waals surface area contributed by atoms with Crippen molar-refractivity contribution in [1.29, 1.82) is 0 Å². The highest BCUT2D eigenvalue weighted by Gasteiger charge is 2.19. The predicted octanol–water partition coefficient (Wildman–Crippen LogP) is 1.33. The van der Waals surface area contributed by atoms with E-state index in [4.69, 9.17) is 0 Å². The van der Waals surface area contributed by atoms with Gasteiger partial charge in [-0.3, -0.25) is 0 Å². The Morgan fingerprint density at radius 3 is 2.33 bits per heavy atom. The van der Waals surface area contributed by atoms with Crippen LogP contribution in [0.3, 0.4) is 0 Å². The Morgan fingerprint density at radius 2 is 1.92 bits per heavy atom. The van der Waals surface area contributed by atoms with Crippen LogP contribution < -0.4 is 5.32 Å². The summed E-state index contributed by atoms with van der Waals surface area (Å²) in [6, 6.07) is 0.737. The average Bonchev–Trinajstić information content (AvgIpc) is 2.06. The van der Waals surface area contributed by atoms with Gasteiger partial charge in [0.15, 0.2) is 0 Å². The normalized spacial score (nSPS) is 22.0. The molecule has 2 heteroatoms. The molecule has 0 aromatic rings. The van der Waals surface area contributed by atoms with E-state index < -0.39 is 0 Å². The van der Waals surface area contributed by atoms with Crippen molar-refractivity contribution in [3.63, 3.8) is 0 Å². The van der Waals surface area contributed by atoms with Crippen LogP contribution in [0.5, 0.6) is 0 Å². The topological polar surface area (TPSA) is 15.3 Å². The van der Waals surface area contributed by atoms with Gasteiger partial charge in [-0.2, -0.15) is 0 Å². The lowest BCUT2D eigenvalue weighted by molar-refractivity contribution is 0.149. The van der Waals surface area contributed by atoms with E-state index in [0.29, 0.717) is 0 Å². The number of likely N-dealkylation sites (tertiary alicyclic amines) is 1.